The van der Waals surface area contributed by atoms with Crippen molar-refractivity contribution in [2.45, 2.75) is 6.54 Å². The highest BCUT2D eigenvalue weighted by atomic mass is 79.9. The molecule has 0 bridgehead atoms. The number of methoxy groups -OCH3 is 2. The highest BCUT2D eigenvalue weighted by molar-refractivity contribution is 9.10. The number of hydrogen-bond acceptors (Lipinski definition) is 5. The van der Waals surface area contributed by atoms with Gasteiger partial charge in [0.05, 0.1) is 25.3 Å². The second kappa shape index (κ2) is 9.70. The van der Waals surface area contributed by atoms with Gasteiger partial charge in [-0.15, -0.1) is 0 Å². The number of anilines is 1. The van der Waals surface area contributed by atoms with Crippen LogP contribution in [0.2, 0.25) is 0 Å². The van der Waals surface area contributed by atoms with E-state index in [-0.39, 0.29) is 12.1 Å². The van der Waals surface area contributed by atoms with E-state index in [1.54, 1.807) is 30.3 Å². The van der Waals surface area contributed by atoms with Gasteiger partial charge in [0.2, 0.25) is 0 Å². The molecule has 3 aromatic rings. The third-order valence-electron chi connectivity index (χ3n) is 4.62. The predicted octanol–water partition coefficient (Wildman–Crippen LogP) is 5.58. The number of hydrogen-bond donors (Lipinski definition) is 1. The molecule has 0 fully saturated rings. The molecule has 3 aromatic carbocycles. The number of ether oxygens (including phenoxy) is 2. The quantitative estimate of drug-likeness (QED) is 0.458. The van der Waals surface area contributed by atoms with Gasteiger partial charge in [0.1, 0.15) is 0 Å². The van der Waals surface area contributed by atoms with Crippen LogP contribution in [0.4, 0.5) is 14.5 Å². The molecule has 3 rings (SSSR count). The van der Waals surface area contributed by atoms with E-state index in [1.807, 2.05) is 0 Å². The summed E-state index contributed by atoms with van der Waals surface area (Å²) in [5.41, 5.74) is 2.68. The van der Waals surface area contributed by atoms with Gasteiger partial charge >= 0.3 is 11.9 Å². The Balaban J connectivity index is 1.98. The molecule has 0 saturated carbocycles. The van der Waals surface area contributed by atoms with Gasteiger partial charge in [0.15, 0.2) is 11.6 Å². The summed E-state index contributed by atoms with van der Waals surface area (Å²) < 4.78 is 37.3. The number of carbonyl (C=O) groups excluding carboxylic acids is 2. The van der Waals surface area contributed by atoms with E-state index in [1.165, 1.54) is 26.4 Å². The fourth-order valence-corrected chi connectivity index (χ4v) is 3.39. The van der Waals surface area contributed by atoms with Crippen molar-refractivity contribution in [2.75, 3.05) is 19.5 Å². The molecule has 0 heterocycles. The minimum absolute atomic E-state index is 0.197. The summed E-state index contributed by atoms with van der Waals surface area (Å²) in [5.74, 6) is -2.98. The SMILES string of the molecule is COC(=O)c1cc(Br)ccc1CNc1cc(-c2ccc(F)c(F)c2)ccc1C(=O)OC. The maximum absolute atomic E-state index is 13.7. The summed E-state index contributed by atoms with van der Waals surface area (Å²) in [6.45, 7) is 0.197. The van der Waals surface area contributed by atoms with E-state index in [9.17, 15) is 18.4 Å². The van der Waals surface area contributed by atoms with Crippen molar-refractivity contribution in [3.05, 3.63) is 87.4 Å². The Bertz CT molecular complexity index is 1150. The summed E-state index contributed by atoms with van der Waals surface area (Å²) in [4.78, 5) is 24.3. The van der Waals surface area contributed by atoms with Gasteiger partial charge < -0.3 is 14.8 Å². The molecule has 0 atom stereocenters. The highest BCUT2D eigenvalue weighted by Gasteiger charge is 2.16. The number of benzene rings is 3. The molecule has 5 nitrogen and oxygen atoms in total. The average Bonchev–Trinajstić information content (AvgIpc) is 2.78. The maximum atomic E-state index is 13.7. The summed E-state index contributed by atoms with van der Waals surface area (Å²) in [5, 5.41) is 3.13. The predicted molar refractivity (Wildman–Crippen MR) is 116 cm³/mol. The molecule has 0 aliphatic rings. The lowest BCUT2D eigenvalue weighted by molar-refractivity contribution is 0.0591. The van der Waals surface area contributed by atoms with E-state index in [4.69, 9.17) is 9.47 Å². The van der Waals surface area contributed by atoms with Crippen molar-refractivity contribution in [1.82, 2.24) is 0 Å². The molecule has 1 N–H and O–H groups in total. The fourth-order valence-electron chi connectivity index (χ4n) is 3.03. The Hall–Kier alpha value is -3.26. The van der Waals surface area contributed by atoms with Crippen LogP contribution in [0.1, 0.15) is 26.3 Å². The van der Waals surface area contributed by atoms with Gasteiger partial charge in [-0.1, -0.05) is 34.1 Å². The van der Waals surface area contributed by atoms with Crippen molar-refractivity contribution < 1.29 is 27.8 Å². The fraction of sp³-hybridized carbons (Fsp3) is 0.130. The number of carbonyl (C=O) groups is 2. The third kappa shape index (κ3) is 5.08. The van der Waals surface area contributed by atoms with E-state index in [2.05, 4.69) is 21.2 Å². The molecule has 8 heteroatoms. The largest absolute Gasteiger partial charge is 0.465 e. The molecule has 31 heavy (non-hydrogen) atoms. The lowest BCUT2D eigenvalue weighted by atomic mass is 10.0. The molecule has 0 spiro atoms. The van der Waals surface area contributed by atoms with Gasteiger partial charge in [-0.3, -0.25) is 0 Å². The molecule has 0 aromatic heterocycles. The van der Waals surface area contributed by atoms with Crippen LogP contribution in [0.5, 0.6) is 0 Å². The van der Waals surface area contributed by atoms with Gasteiger partial charge in [-0.05, 0) is 53.1 Å². The Morgan fingerprint density at radius 1 is 0.839 bits per heavy atom. The molecule has 0 saturated heterocycles. The second-order valence-corrected chi connectivity index (χ2v) is 7.44. The van der Waals surface area contributed by atoms with Crippen molar-refractivity contribution in [1.29, 1.82) is 0 Å². The molecular weight excluding hydrogens is 472 g/mol. The zero-order valence-electron chi connectivity index (χ0n) is 16.7. The maximum Gasteiger partial charge on any atom is 0.339 e. The van der Waals surface area contributed by atoms with Crippen molar-refractivity contribution in [2.24, 2.45) is 0 Å². The summed E-state index contributed by atoms with van der Waals surface area (Å²) in [6, 6.07) is 13.5. The molecule has 0 aliphatic carbocycles. The zero-order valence-corrected chi connectivity index (χ0v) is 18.3. The first kappa shape index (κ1) is 22.4. The third-order valence-corrected chi connectivity index (χ3v) is 5.12. The summed E-state index contributed by atoms with van der Waals surface area (Å²) in [6.07, 6.45) is 0. The monoisotopic (exact) mass is 489 g/mol. The first-order chi connectivity index (χ1) is 14.8. The summed E-state index contributed by atoms with van der Waals surface area (Å²) >= 11 is 3.33. The molecular formula is C23H18BrF2NO4. The van der Waals surface area contributed by atoms with Crippen LogP contribution in [-0.2, 0) is 16.0 Å². The number of nitrogens with one attached hydrogen (secondary N) is 1. The highest BCUT2D eigenvalue weighted by Crippen LogP contribution is 2.28. The summed E-state index contributed by atoms with van der Waals surface area (Å²) in [7, 11) is 2.56. The van der Waals surface area contributed by atoms with E-state index < -0.39 is 23.6 Å². The average molecular weight is 490 g/mol. The smallest absolute Gasteiger partial charge is 0.339 e. The zero-order chi connectivity index (χ0) is 22.5. The van der Waals surface area contributed by atoms with E-state index >= 15 is 0 Å². The van der Waals surface area contributed by atoms with Crippen LogP contribution in [0, 0.1) is 11.6 Å². The van der Waals surface area contributed by atoms with Crippen LogP contribution < -0.4 is 5.32 Å². The first-order valence-corrected chi connectivity index (χ1v) is 9.91. The van der Waals surface area contributed by atoms with Crippen LogP contribution in [0.25, 0.3) is 11.1 Å². The Morgan fingerprint density at radius 2 is 1.48 bits per heavy atom. The molecule has 160 valence electrons. The Kier molecular flexibility index (Phi) is 7.02. The minimum atomic E-state index is -0.971. The number of rotatable bonds is 6. The minimum Gasteiger partial charge on any atom is -0.465 e. The molecule has 0 unspecified atom stereocenters. The Labute approximate surface area is 186 Å². The van der Waals surface area contributed by atoms with Gasteiger partial charge in [-0.25, -0.2) is 18.4 Å². The van der Waals surface area contributed by atoms with Crippen molar-refractivity contribution in [3.8, 4) is 11.1 Å². The number of esters is 2. The van der Waals surface area contributed by atoms with Crippen LogP contribution in [0.15, 0.2) is 59.1 Å². The molecule has 0 aliphatic heterocycles. The van der Waals surface area contributed by atoms with E-state index in [0.29, 0.717) is 32.4 Å². The van der Waals surface area contributed by atoms with E-state index in [0.717, 1.165) is 12.1 Å². The second-order valence-electron chi connectivity index (χ2n) is 6.53. The molecule has 0 amide bonds. The topological polar surface area (TPSA) is 64.6 Å². The lowest BCUT2D eigenvalue weighted by Gasteiger charge is -2.15. The Morgan fingerprint density at radius 3 is 2.16 bits per heavy atom. The van der Waals surface area contributed by atoms with Gasteiger partial charge in [-0.2, -0.15) is 0 Å². The normalized spacial score (nSPS) is 10.5. The lowest BCUT2D eigenvalue weighted by Crippen LogP contribution is -2.12. The van der Waals surface area contributed by atoms with Gasteiger partial charge in [0, 0.05) is 16.7 Å². The molecule has 0 radical (unpaired) electrons. The van der Waals surface area contributed by atoms with Crippen molar-refractivity contribution in [3.63, 3.8) is 0 Å². The number of halogens is 3. The van der Waals surface area contributed by atoms with Crippen LogP contribution >= 0.6 is 15.9 Å². The van der Waals surface area contributed by atoms with Gasteiger partial charge in [0.25, 0.3) is 0 Å². The van der Waals surface area contributed by atoms with Crippen molar-refractivity contribution >= 4 is 33.6 Å². The first-order valence-electron chi connectivity index (χ1n) is 9.12. The van der Waals surface area contributed by atoms with Crippen LogP contribution in [-0.4, -0.2) is 26.2 Å². The van der Waals surface area contributed by atoms with Crippen LogP contribution in [0.3, 0.4) is 0 Å². The standard InChI is InChI=1S/C23H18BrF2NO4/c1-30-22(28)17-7-4-14(13-5-8-19(25)20(26)9-13)10-21(17)27-12-15-3-6-16(24)11-18(15)23(29)31-2/h3-11,27H,12H2,1-2H3.